The summed E-state index contributed by atoms with van der Waals surface area (Å²) in [4.78, 5) is 10.5. The molecule has 2 aromatic rings. The Hall–Kier alpha value is -1.75. The highest BCUT2D eigenvalue weighted by atomic mass is 19.1. The molecule has 1 aliphatic heterocycles. The molecule has 1 saturated heterocycles. The van der Waals surface area contributed by atoms with Crippen LogP contribution in [-0.2, 0) is 4.74 Å². The van der Waals surface area contributed by atoms with Crippen molar-refractivity contribution in [3.8, 4) is 0 Å². The van der Waals surface area contributed by atoms with Gasteiger partial charge in [-0.1, -0.05) is 6.07 Å². The summed E-state index contributed by atoms with van der Waals surface area (Å²) in [6.07, 6.45) is 1.71. The van der Waals surface area contributed by atoms with E-state index in [1.807, 2.05) is 13.8 Å². The number of anilines is 1. The quantitative estimate of drug-likeness (QED) is 0.790. The second-order valence-electron chi connectivity index (χ2n) is 4.99. The molecule has 4 nitrogen and oxygen atoms in total. The number of ether oxygens (including phenoxy) is 1. The first-order valence-corrected chi connectivity index (χ1v) is 6.45. The predicted octanol–water partition coefficient (Wildman–Crippen LogP) is 2.38. The Balaban J connectivity index is 2.09. The second kappa shape index (κ2) is 4.74. The maximum absolute atomic E-state index is 14.1. The number of benzene rings is 1. The monoisotopic (exact) mass is 261 g/mol. The molecule has 1 fully saturated rings. The third-order valence-corrected chi connectivity index (χ3v) is 3.31. The zero-order valence-electron chi connectivity index (χ0n) is 11.0. The fourth-order valence-electron chi connectivity index (χ4n) is 2.64. The highest BCUT2D eigenvalue weighted by Crippen LogP contribution is 2.27. The second-order valence-corrected chi connectivity index (χ2v) is 4.99. The maximum atomic E-state index is 14.1. The molecule has 0 saturated carbocycles. The van der Waals surface area contributed by atoms with Crippen LogP contribution in [0.15, 0.2) is 24.5 Å². The number of morpholine rings is 1. The van der Waals surface area contributed by atoms with Crippen molar-refractivity contribution < 1.29 is 9.13 Å². The minimum Gasteiger partial charge on any atom is -0.372 e. The van der Waals surface area contributed by atoms with Crippen LogP contribution in [0.25, 0.3) is 10.9 Å². The standard InChI is InChI=1S/C14H16FN3O/c1-9-6-18(7-10(2)19-9)14-13-11(15)4-3-5-12(13)16-8-17-14/h3-5,8-10H,6-7H2,1-2H3/t9-,10-/m1/s1. The summed E-state index contributed by atoms with van der Waals surface area (Å²) in [6.45, 7) is 5.46. The van der Waals surface area contributed by atoms with Crippen molar-refractivity contribution in [3.63, 3.8) is 0 Å². The Morgan fingerprint density at radius 2 is 1.95 bits per heavy atom. The van der Waals surface area contributed by atoms with E-state index in [0.717, 1.165) is 0 Å². The van der Waals surface area contributed by atoms with Crippen LogP contribution in [0.2, 0.25) is 0 Å². The van der Waals surface area contributed by atoms with Crippen molar-refractivity contribution in [1.29, 1.82) is 0 Å². The summed E-state index contributed by atoms with van der Waals surface area (Å²) in [5.74, 6) is 0.380. The minimum absolute atomic E-state index is 0.112. The number of halogens is 1. The zero-order valence-corrected chi connectivity index (χ0v) is 11.0. The molecule has 1 aliphatic rings. The third kappa shape index (κ3) is 2.26. The maximum Gasteiger partial charge on any atom is 0.143 e. The van der Waals surface area contributed by atoms with Gasteiger partial charge in [0.05, 0.1) is 23.1 Å². The van der Waals surface area contributed by atoms with Crippen LogP contribution >= 0.6 is 0 Å². The van der Waals surface area contributed by atoms with Gasteiger partial charge in [0.1, 0.15) is 18.0 Å². The highest BCUT2D eigenvalue weighted by molar-refractivity contribution is 5.89. The zero-order chi connectivity index (χ0) is 13.4. The lowest BCUT2D eigenvalue weighted by Gasteiger charge is -2.36. The smallest absolute Gasteiger partial charge is 0.143 e. The SMILES string of the molecule is C[C@@H]1CN(c2ncnc3cccc(F)c23)C[C@@H](C)O1. The van der Waals surface area contributed by atoms with Gasteiger partial charge in [0.15, 0.2) is 0 Å². The van der Waals surface area contributed by atoms with Crippen LogP contribution in [0, 0.1) is 5.82 Å². The molecule has 1 aromatic carbocycles. The lowest BCUT2D eigenvalue weighted by Crippen LogP contribution is -2.46. The van der Waals surface area contributed by atoms with Gasteiger partial charge in [0.2, 0.25) is 0 Å². The van der Waals surface area contributed by atoms with E-state index in [1.165, 1.54) is 12.4 Å². The molecular weight excluding hydrogens is 245 g/mol. The van der Waals surface area contributed by atoms with Crippen LogP contribution in [-0.4, -0.2) is 35.3 Å². The van der Waals surface area contributed by atoms with Crippen molar-refractivity contribution in [2.45, 2.75) is 26.1 Å². The third-order valence-electron chi connectivity index (χ3n) is 3.31. The first kappa shape index (κ1) is 12.3. The van der Waals surface area contributed by atoms with E-state index in [1.54, 1.807) is 12.1 Å². The Morgan fingerprint density at radius 3 is 2.68 bits per heavy atom. The lowest BCUT2D eigenvalue weighted by molar-refractivity contribution is -0.00538. The summed E-state index contributed by atoms with van der Waals surface area (Å²) in [7, 11) is 0. The van der Waals surface area contributed by atoms with Gasteiger partial charge < -0.3 is 9.64 Å². The normalized spacial score (nSPS) is 23.8. The molecule has 0 spiro atoms. The molecule has 0 unspecified atom stereocenters. The summed E-state index contributed by atoms with van der Waals surface area (Å²) < 4.78 is 19.8. The van der Waals surface area contributed by atoms with Crippen LogP contribution < -0.4 is 4.90 Å². The van der Waals surface area contributed by atoms with Crippen LogP contribution in [0.4, 0.5) is 10.2 Å². The predicted molar refractivity (Wildman–Crippen MR) is 71.7 cm³/mol. The van der Waals surface area contributed by atoms with Crippen molar-refractivity contribution >= 4 is 16.7 Å². The van der Waals surface area contributed by atoms with Gasteiger partial charge >= 0.3 is 0 Å². The first-order chi connectivity index (χ1) is 9.15. The van der Waals surface area contributed by atoms with E-state index in [0.29, 0.717) is 29.8 Å². The summed E-state index contributed by atoms with van der Waals surface area (Å²) in [5.41, 5.74) is 0.636. The number of hydrogen-bond donors (Lipinski definition) is 0. The highest BCUT2D eigenvalue weighted by Gasteiger charge is 2.25. The molecule has 0 aliphatic carbocycles. The van der Waals surface area contributed by atoms with Gasteiger partial charge in [-0.25, -0.2) is 14.4 Å². The summed E-state index contributed by atoms with van der Waals surface area (Å²) in [5, 5.41) is 0.492. The van der Waals surface area contributed by atoms with Gasteiger partial charge in [0, 0.05) is 13.1 Å². The molecule has 0 radical (unpaired) electrons. The van der Waals surface area contributed by atoms with Crippen molar-refractivity contribution in [2.75, 3.05) is 18.0 Å². The van der Waals surface area contributed by atoms with E-state index in [2.05, 4.69) is 14.9 Å². The Bertz CT molecular complexity index is 589. The molecular formula is C14H16FN3O. The van der Waals surface area contributed by atoms with Gasteiger partial charge in [-0.05, 0) is 26.0 Å². The van der Waals surface area contributed by atoms with E-state index in [9.17, 15) is 4.39 Å². The van der Waals surface area contributed by atoms with E-state index in [4.69, 9.17) is 4.74 Å². The molecule has 100 valence electrons. The Labute approximate surface area is 111 Å². The molecule has 0 bridgehead atoms. The van der Waals surface area contributed by atoms with E-state index >= 15 is 0 Å². The number of hydrogen-bond acceptors (Lipinski definition) is 4. The van der Waals surface area contributed by atoms with Crippen LogP contribution in [0.3, 0.4) is 0 Å². The number of fused-ring (bicyclic) bond motifs is 1. The van der Waals surface area contributed by atoms with Crippen LogP contribution in [0.5, 0.6) is 0 Å². The fourth-order valence-corrected chi connectivity index (χ4v) is 2.64. The number of nitrogens with zero attached hydrogens (tertiary/aromatic N) is 3. The summed E-state index contributed by atoms with van der Waals surface area (Å²) in [6, 6.07) is 4.92. The molecule has 3 rings (SSSR count). The molecule has 19 heavy (non-hydrogen) atoms. The largest absolute Gasteiger partial charge is 0.372 e. The molecule has 5 heteroatoms. The Morgan fingerprint density at radius 1 is 1.21 bits per heavy atom. The average Bonchev–Trinajstić information content (AvgIpc) is 2.37. The van der Waals surface area contributed by atoms with Gasteiger partial charge in [-0.2, -0.15) is 0 Å². The lowest BCUT2D eigenvalue weighted by atomic mass is 10.1. The topological polar surface area (TPSA) is 38.2 Å². The van der Waals surface area contributed by atoms with Gasteiger partial charge in [-0.15, -0.1) is 0 Å². The summed E-state index contributed by atoms with van der Waals surface area (Å²) >= 11 is 0. The van der Waals surface area contributed by atoms with Gasteiger partial charge in [0.25, 0.3) is 0 Å². The Kier molecular flexibility index (Phi) is 3.06. The average molecular weight is 261 g/mol. The molecule has 2 atom stereocenters. The fraction of sp³-hybridized carbons (Fsp3) is 0.429. The van der Waals surface area contributed by atoms with Crippen molar-refractivity contribution in [3.05, 3.63) is 30.3 Å². The number of aromatic nitrogens is 2. The minimum atomic E-state index is -0.278. The van der Waals surface area contributed by atoms with Crippen LogP contribution in [0.1, 0.15) is 13.8 Å². The van der Waals surface area contributed by atoms with E-state index < -0.39 is 0 Å². The van der Waals surface area contributed by atoms with Gasteiger partial charge in [-0.3, -0.25) is 0 Å². The first-order valence-electron chi connectivity index (χ1n) is 6.45. The number of rotatable bonds is 1. The molecule has 0 amide bonds. The molecule has 0 N–H and O–H groups in total. The molecule has 2 heterocycles. The van der Waals surface area contributed by atoms with E-state index in [-0.39, 0.29) is 18.0 Å². The van der Waals surface area contributed by atoms with Crippen molar-refractivity contribution in [2.24, 2.45) is 0 Å². The van der Waals surface area contributed by atoms with Crippen molar-refractivity contribution in [1.82, 2.24) is 9.97 Å². The molecule has 1 aromatic heterocycles.